The first-order valence-electron chi connectivity index (χ1n) is 9.35. The monoisotopic (exact) mass is 406 g/mol. The van der Waals surface area contributed by atoms with Crippen LogP contribution in [0.2, 0.25) is 0 Å². The normalized spacial score (nSPS) is 11.6. The average molecular weight is 407 g/mol. The fraction of sp³-hybridized carbons (Fsp3) is 0.381. The van der Waals surface area contributed by atoms with Crippen LogP contribution >= 0.6 is 0 Å². The van der Waals surface area contributed by atoms with Crippen LogP contribution in [0.1, 0.15) is 31.4 Å². The van der Waals surface area contributed by atoms with Crippen LogP contribution < -0.4 is 0 Å². The summed E-state index contributed by atoms with van der Waals surface area (Å²) in [6, 6.07) is 12.8. The Morgan fingerprint density at radius 1 is 0.929 bits per heavy atom. The molecular weight excluding hydrogens is 379 g/mol. The van der Waals surface area contributed by atoms with Crippen molar-refractivity contribution in [3.05, 3.63) is 65.5 Å². The van der Waals surface area contributed by atoms with Crippen molar-refractivity contribution in [3.8, 4) is 0 Å². The van der Waals surface area contributed by atoms with Gasteiger partial charge < -0.3 is 4.90 Å². The Bertz CT molecular complexity index is 877. The molecule has 152 valence electrons. The van der Waals surface area contributed by atoms with Gasteiger partial charge in [-0.15, -0.1) is 0 Å². The Labute approximate surface area is 166 Å². The van der Waals surface area contributed by atoms with Crippen LogP contribution in [-0.4, -0.2) is 43.7 Å². The highest BCUT2D eigenvalue weighted by Gasteiger charge is 2.21. The van der Waals surface area contributed by atoms with Gasteiger partial charge in [0.1, 0.15) is 5.82 Å². The number of halogens is 1. The smallest absolute Gasteiger partial charge is 0.243 e. The third-order valence-corrected chi connectivity index (χ3v) is 6.72. The molecule has 0 unspecified atom stereocenters. The third kappa shape index (κ3) is 5.62. The summed E-state index contributed by atoms with van der Waals surface area (Å²) in [5.74, 6) is -0.326. The minimum Gasteiger partial charge on any atom is -0.341 e. The van der Waals surface area contributed by atoms with Gasteiger partial charge in [-0.05, 0) is 41.8 Å². The molecule has 2 aromatic carbocycles. The van der Waals surface area contributed by atoms with Crippen LogP contribution in [0.15, 0.2) is 53.4 Å². The molecule has 1 amide bonds. The lowest BCUT2D eigenvalue weighted by atomic mass is 10.1. The van der Waals surface area contributed by atoms with E-state index in [2.05, 4.69) is 0 Å². The van der Waals surface area contributed by atoms with Gasteiger partial charge in [0.05, 0.1) is 4.90 Å². The summed E-state index contributed by atoms with van der Waals surface area (Å²) in [6.07, 6.45) is 0.845. The van der Waals surface area contributed by atoms with Gasteiger partial charge in [-0.2, -0.15) is 4.31 Å². The number of aryl methyl sites for hydroxylation is 1. The summed E-state index contributed by atoms with van der Waals surface area (Å²) in [5.41, 5.74) is 1.77. The van der Waals surface area contributed by atoms with Crippen LogP contribution in [-0.2, 0) is 27.8 Å². The van der Waals surface area contributed by atoms with E-state index in [0.29, 0.717) is 32.5 Å². The number of hydrogen-bond donors (Lipinski definition) is 0. The maximum absolute atomic E-state index is 13.0. The average Bonchev–Trinajstić information content (AvgIpc) is 2.69. The fourth-order valence-corrected chi connectivity index (χ4v) is 4.39. The molecule has 2 rings (SSSR count). The third-order valence-electron chi connectivity index (χ3n) is 4.65. The molecule has 0 radical (unpaired) electrons. The topological polar surface area (TPSA) is 57.7 Å². The van der Waals surface area contributed by atoms with Crippen molar-refractivity contribution in [3.63, 3.8) is 0 Å². The molecule has 0 heterocycles. The largest absolute Gasteiger partial charge is 0.341 e. The van der Waals surface area contributed by atoms with Gasteiger partial charge in [-0.1, -0.05) is 38.1 Å². The zero-order valence-corrected chi connectivity index (χ0v) is 17.4. The van der Waals surface area contributed by atoms with E-state index in [-0.39, 0.29) is 16.6 Å². The molecule has 0 bridgehead atoms. The number of rotatable bonds is 9. The van der Waals surface area contributed by atoms with E-state index in [1.165, 1.54) is 16.4 Å². The second-order valence-electron chi connectivity index (χ2n) is 6.61. The molecule has 0 spiro atoms. The SMILES string of the molecule is CCN(CC)S(=O)(=O)c1ccc(CCC(=O)N(C)Cc2ccc(F)cc2)cc1. The minimum absolute atomic E-state index is 0.0239. The van der Waals surface area contributed by atoms with Crippen molar-refractivity contribution in [1.82, 2.24) is 9.21 Å². The second-order valence-corrected chi connectivity index (χ2v) is 8.55. The lowest BCUT2D eigenvalue weighted by Crippen LogP contribution is -2.30. The van der Waals surface area contributed by atoms with E-state index in [1.54, 1.807) is 48.3 Å². The molecule has 7 heteroatoms. The summed E-state index contributed by atoms with van der Waals surface area (Å²) in [5, 5.41) is 0. The predicted octanol–water partition coefficient (Wildman–Crippen LogP) is 3.45. The van der Waals surface area contributed by atoms with Crippen molar-refractivity contribution >= 4 is 15.9 Å². The molecule has 5 nitrogen and oxygen atoms in total. The van der Waals surface area contributed by atoms with Crippen LogP contribution in [0.3, 0.4) is 0 Å². The summed E-state index contributed by atoms with van der Waals surface area (Å²) >= 11 is 0. The molecule has 0 aliphatic heterocycles. The Morgan fingerprint density at radius 2 is 1.46 bits per heavy atom. The van der Waals surface area contributed by atoms with Crippen LogP contribution in [0.4, 0.5) is 4.39 Å². The van der Waals surface area contributed by atoms with Gasteiger partial charge >= 0.3 is 0 Å². The fourth-order valence-electron chi connectivity index (χ4n) is 2.93. The van der Waals surface area contributed by atoms with Gasteiger partial charge in [0.15, 0.2) is 0 Å². The van der Waals surface area contributed by atoms with E-state index in [9.17, 15) is 17.6 Å². The molecule has 0 aliphatic rings. The van der Waals surface area contributed by atoms with Crippen LogP contribution in [0.5, 0.6) is 0 Å². The van der Waals surface area contributed by atoms with Gasteiger partial charge in [0, 0.05) is 33.1 Å². The number of carbonyl (C=O) groups is 1. The Kier molecular flexibility index (Phi) is 7.71. The Morgan fingerprint density at radius 3 is 2.00 bits per heavy atom. The van der Waals surface area contributed by atoms with E-state index in [4.69, 9.17) is 0 Å². The van der Waals surface area contributed by atoms with Crippen molar-refractivity contribution in [2.75, 3.05) is 20.1 Å². The molecule has 0 saturated carbocycles. The first kappa shape index (κ1) is 22.0. The first-order valence-corrected chi connectivity index (χ1v) is 10.8. The van der Waals surface area contributed by atoms with Gasteiger partial charge in [0.25, 0.3) is 0 Å². The maximum Gasteiger partial charge on any atom is 0.243 e. The zero-order valence-electron chi connectivity index (χ0n) is 16.6. The van der Waals surface area contributed by atoms with Gasteiger partial charge in [0.2, 0.25) is 15.9 Å². The molecule has 0 N–H and O–H groups in total. The number of hydrogen-bond acceptors (Lipinski definition) is 3. The summed E-state index contributed by atoms with van der Waals surface area (Å²) < 4.78 is 39.4. The molecule has 0 saturated heterocycles. The van der Waals surface area contributed by atoms with Crippen molar-refractivity contribution in [2.24, 2.45) is 0 Å². The van der Waals surface area contributed by atoms with E-state index < -0.39 is 10.0 Å². The molecule has 0 atom stereocenters. The van der Waals surface area contributed by atoms with Crippen molar-refractivity contribution < 1.29 is 17.6 Å². The Hall–Kier alpha value is -2.25. The second kappa shape index (κ2) is 9.80. The summed E-state index contributed by atoms with van der Waals surface area (Å²) in [6.45, 7) is 4.89. The van der Waals surface area contributed by atoms with E-state index in [0.717, 1.165) is 11.1 Å². The van der Waals surface area contributed by atoms with Crippen LogP contribution in [0.25, 0.3) is 0 Å². The summed E-state index contributed by atoms with van der Waals surface area (Å²) in [7, 11) is -1.76. The number of benzene rings is 2. The van der Waals surface area contributed by atoms with Gasteiger partial charge in [-0.3, -0.25) is 4.79 Å². The predicted molar refractivity (Wildman–Crippen MR) is 108 cm³/mol. The lowest BCUT2D eigenvalue weighted by molar-refractivity contribution is -0.130. The van der Waals surface area contributed by atoms with Crippen molar-refractivity contribution in [2.45, 2.75) is 38.1 Å². The quantitative estimate of drug-likeness (QED) is 0.641. The standard InChI is InChI=1S/C21H27FN2O3S/c1-4-24(5-2)28(26,27)20-13-8-17(9-14-20)10-15-21(25)23(3)16-18-6-11-19(22)12-7-18/h6-9,11-14H,4-5,10,15-16H2,1-3H3. The minimum atomic E-state index is -3.47. The highest BCUT2D eigenvalue weighted by Crippen LogP contribution is 2.17. The highest BCUT2D eigenvalue weighted by atomic mass is 32.2. The molecule has 28 heavy (non-hydrogen) atoms. The zero-order chi connectivity index (χ0) is 20.7. The summed E-state index contributed by atoms with van der Waals surface area (Å²) in [4.78, 5) is 14.2. The highest BCUT2D eigenvalue weighted by molar-refractivity contribution is 7.89. The van der Waals surface area contributed by atoms with Gasteiger partial charge in [-0.25, -0.2) is 12.8 Å². The molecule has 0 aromatic heterocycles. The van der Waals surface area contributed by atoms with Crippen LogP contribution in [0, 0.1) is 5.82 Å². The van der Waals surface area contributed by atoms with Crippen molar-refractivity contribution in [1.29, 1.82) is 0 Å². The number of nitrogens with zero attached hydrogens (tertiary/aromatic N) is 2. The number of sulfonamides is 1. The molecule has 0 fully saturated rings. The lowest BCUT2D eigenvalue weighted by Gasteiger charge is -2.19. The molecule has 2 aromatic rings. The first-order chi connectivity index (χ1) is 13.3. The number of amides is 1. The Balaban J connectivity index is 1.93. The molecule has 0 aliphatic carbocycles. The number of carbonyl (C=O) groups excluding carboxylic acids is 1. The van der Waals surface area contributed by atoms with E-state index in [1.807, 2.05) is 13.8 Å². The van der Waals surface area contributed by atoms with E-state index >= 15 is 0 Å². The molecular formula is C21H27FN2O3S. The maximum atomic E-state index is 13.0.